The summed E-state index contributed by atoms with van der Waals surface area (Å²) in [6.45, 7) is 0. The fourth-order valence-corrected chi connectivity index (χ4v) is 4.75. The van der Waals surface area contributed by atoms with Crippen molar-refractivity contribution in [3.8, 4) is 0 Å². The van der Waals surface area contributed by atoms with Gasteiger partial charge in [0.1, 0.15) is 0 Å². The van der Waals surface area contributed by atoms with Gasteiger partial charge in [-0.2, -0.15) is 0 Å². The molecular weight excluding hydrogens is 208 g/mol. The largest absolute Gasteiger partial charge is 0.480 e. The van der Waals surface area contributed by atoms with Crippen LogP contribution in [0.4, 0.5) is 0 Å². The average molecular weight is 224 g/mol. The molecule has 4 atom stereocenters. The molecule has 16 heavy (non-hydrogen) atoms. The molecular formula is C12H16O4. The Bertz CT molecular complexity index is 348. The summed E-state index contributed by atoms with van der Waals surface area (Å²) in [7, 11) is 0. The lowest BCUT2D eigenvalue weighted by atomic mass is 9.69. The molecule has 0 aromatic rings. The van der Waals surface area contributed by atoms with Crippen LogP contribution in [0.1, 0.15) is 32.1 Å². The van der Waals surface area contributed by atoms with E-state index in [1.807, 2.05) is 0 Å². The summed E-state index contributed by atoms with van der Waals surface area (Å²) in [5, 5.41) is 18.7. The van der Waals surface area contributed by atoms with Gasteiger partial charge in [0.2, 0.25) is 0 Å². The molecule has 2 bridgehead atoms. The van der Waals surface area contributed by atoms with E-state index in [-0.39, 0.29) is 5.92 Å². The number of carboxylic acid groups (broad SMARTS) is 2. The van der Waals surface area contributed by atoms with E-state index in [1.165, 1.54) is 6.42 Å². The summed E-state index contributed by atoms with van der Waals surface area (Å²) < 4.78 is 0. The zero-order chi connectivity index (χ0) is 11.5. The fraction of sp³-hybridized carbons (Fsp3) is 0.833. The van der Waals surface area contributed by atoms with Gasteiger partial charge < -0.3 is 10.2 Å². The first-order chi connectivity index (χ1) is 7.57. The van der Waals surface area contributed by atoms with E-state index in [0.717, 1.165) is 19.3 Å². The van der Waals surface area contributed by atoms with Crippen molar-refractivity contribution in [2.45, 2.75) is 32.1 Å². The number of carboxylic acids is 2. The maximum atomic E-state index is 11.4. The van der Waals surface area contributed by atoms with Crippen LogP contribution in [0.3, 0.4) is 0 Å². The first-order valence-corrected chi connectivity index (χ1v) is 6.04. The lowest BCUT2D eigenvalue weighted by Gasteiger charge is -2.33. The van der Waals surface area contributed by atoms with Gasteiger partial charge in [0.15, 0.2) is 5.41 Å². The number of aliphatic carboxylic acids is 2. The van der Waals surface area contributed by atoms with Gasteiger partial charge in [0, 0.05) is 0 Å². The number of carbonyl (C=O) groups is 2. The van der Waals surface area contributed by atoms with Crippen molar-refractivity contribution in [2.24, 2.45) is 29.1 Å². The van der Waals surface area contributed by atoms with Crippen molar-refractivity contribution in [2.75, 3.05) is 0 Å². The Kier molecular flexibility index (Phi) is 1.89. The lowest BCUT2D eigenvalue weighted by molar-refractivity contribution is -0.169. The van der Waals surface area contributed by atoms with Crippen LogP contribution in [0.2, 0.25) is 0 Å². The second kappa shape index (κ2) is 2.99. The number of hydrogen-bond donors (Lipinski definition) is 2. The summed E-state index contributed by atoms with van der Waals surface area (Å²) in [5.41, 5.74) is -1.47. The van der Waals surface area contributed by atoms with Crippen molar-refractivity contribution in [1.82, 2.24) is 0 Å². The minimum absolute atomic E-state index is 0.0961. The van der Waals surface area contributed by atoms with Crippen molar-refractivity contribution in [3.05, 3.63) is 0 Å². The molecule has 0 amide bonds. The highest BCUT2D eigenvalue weighted by Crippen LogP contribution is 2.65. The minimum atomic E-state index is -1.47. The van der Waals surface area contributed by atoms with Crippen LogP contribution in [0.25, 0.3) is 0 Å². The Balaban J connectivity index is 2.03. The summed E-state index contributed by atoms with van der Waals surface area (Å²) in [6.07, 6.45) is 4.41. The molecule has 3 fully saturated rings. The molecule has 0 heterocycles. The second-order valence-corrected chi connectivity index (χ2v) is 5.64. The van der Waals surface area contributed by atoms with Crippen LogP contribution in [0.5, 0.6) is 0 Å². The van der Waals surface area contributed by atoms with E-state index in [0.29, 0.717) is 24.2 Å². The van der Waals surface area contributed by atoms with Gasteiger partial charge in [0.05, 0.1) is 0 Å². The highest BCUT2D eigenvalue weighted by molar-refractivity contribution is 5.99. The second-order valence-electron chi connectivity index (χ2n) is 5.64. The summed E-state index contributed by atoms with van der Waals surface area (Å²) >= 11 is 0. The molecule has 3 aliphatic carbocycles. The average Bonchev–Trinajstić information content (AvgIpc) is 2.89. The Hall–Kier alpha value is -1.06. The van der Waals surface area contributed by atoms with Crippen LogP contribution in [0.15, 0.2) is 0 Å². The zero-order valence-electron chi connectivity index (χ0n) is 9.06. The molecule has 4 heteroatoms. The van der Waals surface area contributed by atoms with E-state index >= 15 is 0 Å². The normalized spacial score (nSPS) is 43.2. The van der Waals surface area contributed by atoms with Crippen molar-refractivity contribution < 1.29 is 19.8 Å². The molecule has 0 radical (unpaired) electrons. The van der Waals surface area contributed by atoms with E-state index in [2.05, 4.69) is 0 Å². The molecule has 2 N–H and O–H groups in total. The van der Waals surface area contributed by atoms with Crippen LogP contribution in [-0.4, -0.2) is 22.2 Å². The van der Waals surface area contributed by atoms with Gasteiger partial charge in [0.25, 0.3) is 0 Å². The molecule has 4 unspecified atom stereocenters. The predicted molar refractivity (Wildman–Crippen MR) is 54.7 cm³/mol. The van der Waals surface area contributed by atoms with E-state index in [9.17, 15) is 19.8 Å². The van der Waals surface area contributed by atoms with Gasteiger partial charge in [-0.15, -0.1) is 0 Å². The molecule has 88 valence electrons. The first-order valence-electron chi connectivity index (χ1n) is 6.04. The van der Waals surface area contributed by atoms with Crippen LogP contribution < -0.4 is 0 Å². The highest BCUT2D eigenvalue weighted by atomic mass is 16.4. The van der Waals surface area contributed by atoms with E-state index in [4.69, 9.17) is 0 Å². The Morgan fingerprint density at radius 1 is 1.00 bits per heavy atom. The Morgan fingerprint density at radius 2 is 1.62 bits per heavy atom. The standard InChI is InChI=1S/C12H16O4/c13-10(14)12(11(15)16)4-3-8-6-1-2-7(5-6)9(8)12/h6-9H,1-5H2,(H,13,14)(H,15,16). The van der Waals surface area contributed by atoms with Gasteiger partial charge in [-0.05, 0) is 55.8 Å². The van der Waals surface area contributed by atoms with E-state index in [1.54, 1.807) is 0 Å². The molecule has 0 saturated heterocycles. The molecule has 3 rings (SSSR count). The van der Waals surface area contributed by atoms with Gasteiger partial charge >= 0.3 is 11.9 Å². The maximum absolute atomic E-state index is 11.4. The fourth-order valence-electron chi connectivity index (χ4n) is 4.75. The van der Waals surface area contributed by atoms with Crippen molar-refractivity contribution >= 4 is 11.9 Å². The quantitative estimate of drug-likeness (QED) is 0.698. The van der Waals surface area contributed by atoms with Gasteiger partial charge in [-0.3, -0.25) is 9.59 Å². The van der Waals surface area contributed by atoms with Crippen LogP contribution >= 0.6 is 0 Å². The maximum Gasteiger partial charge on any atom is 0.321 e. The highest BCUT2D eigenvalue weighted by Gasteiger charge is 2.66. The van der Waals surface area contributed by atoms with Crippen molar-refractivity contribution in [3.63, 3.8) is 0 Å². The SMILES string of the molecule is O=C(O)C1(C(=O)O)CCC2C3CCC(C3)C21. The zero-order valence-corrected chi connectivity index (χ0v) is 9.06. The molecule has 4 nitrogen and oxygen atoms in total. The van der Waals surface area contributed by atoms with E-state index < -0.39 is 17.4 Å². The Labute approximate surface area is 93.6 Å². The van der Waals surface area contributed by atoms with Crippen LogP contribution in [-0.2, 0) is 9.59 Å². The van der Waals surface area contributed by atoms with Crippen molar-refractivity contribution in [1.29, 1.82) is 0 Å². The van der Waals surface area contributed by atoms with Gasteiger partial charge in [-0.25, -0.2) is 0 Å². The number of fused-ring (bicyclic) bond motifs is 5. The molecule has 0 aromatic carbocycles. The molecule has 3 aliphatic rings. The third-order valence-corrected chi connectivity index (χ3v) is 5.29. The molecule has 0 spiro atoms. The molecule has 0 aliphatic heterocycles. The summed E-state index contributed by atoms with van der Waals surface area (Å²) in [4.78, 5) is 22.8. The Morgan fingerprint density at radius 3 is 2.25 bits per heavy atom. The predicted octanol–water partition coefficient (Wildman–Crippen LogP) is 1.60. The number of rotatable bonds is 2. The summed E-state index contributed by atoms with van der Waals surface area (Å²) in [6, 6.07) is 0. The van der Waals surface area contributed by atoms with Gasteiger partial charge in [-0.1, -0.05) is 0 Å². The van der Waals surface area contributed by atoms with Crippen LogP contribution in [0, 0.1) is 29.1 Å². The smallest absolute Gasteiger partial charge is 0.321 e. The first kappa shape index (κ1) is 10.1. The third-order valence-electron chi connectivity index (χ3n) is 5.29. The lowest BCUT2D eigenvalue weighted by Crippen LogP contribution is -2.45. The molecule has 0 aromatic heterocycles. The topological polar surface area (TPSA) is 74.6 Å². The molecule has 3 saturated carbocycles. The minimum Gasteiger partial charge on any atom is -0.480 e. The third kappa shape index (κ3) is 0.955. The number of hydrogen-bond acceptors (Lipinski definition) is 2. The monoisotopic (exact) mass is 224 g/mol. The summed E-state index contributed by atoms with van der Waals surface area (Å²) in [5.74, 6) is -0.993.